The van der Waals surface area contributed by atoms with Gasteiger partial charge in [-0.3, -0.25) is 4.79 Å². The van der Waals surface area contributed by atoms with E-state index in [4.69, 9.17) is 11.3 Å². The van der Waals surface area contributed by atoms with Crippen LogP contribution in [0.15, 0.2) is 30.0 Å². The van der Waals surface area contributed by atoms with Crippen molar-refractivity contribution in [2.75, 3.05) is 18.0 Å². The van der Waals surface area contributed by atoms with Crippen molar-refractivity contribution in [2.24, 2.45) is 0 Å². The van der Waals surface area contributed by atoms with Crippen LogP contribution in [0.4, 0.5) is 5.00 Å². The van der Waals surface area contributed by atoms with Gasteiger partial charge in [0.25, 0.3) is 5.70 Å². The van der Waals surface area contributed by atoms with Gasteiger partial charge in [0.1, 0.15) is 5.60 Å². The van der Waals surface area contributed by atoms with Crippen LogP contribution in [0.3, 0.4) is 0 Å². The second-order valence-electron chi connectivity index (χ2n) is 13.2. The zero-order valence-corrected chi connectivity index (χ0v) is 29.8. The highest BCUT2D eigenvalue weighted by Gasteiger charge is 2.21. The minimum atomic E-state index is -0.626. The maximum absolute atomic E-state index is 12.5. The number of nitrogens with zero attached hydrogens (tertiary/aromatic N) is 2. The first-order chi connectivity index (χ1) is 21.2. The lowest BCUT2D eigenvalue weighted by atomic mass is 10.1. The molecule has 0 saturated heterocycles. The molecule has 1 aromatic carbocycles. The molecule has 0 N–H and O–H groups in total. The number of anilines is 1. The summed E-state index contributed by atoms with van der Waals surface area (Å²) in [6, 6.07) is 9.04. The monoisotopic (exact) mass is 636 g/mol. The lowest BCUT2D eigenvalue weighted by Crippen LogP contribution is -2.24. The Morgan fingerprint density at radius 3 is 1.73 bits per heavy atom. The molecule has 0 aliphatic carbocycles. The number of thiophene rings is 2. The molecule has 44 heavy (non-hydrogen) atoms. The summed E-state index contributed by atoms with van der Waals surface area (Å²) in [4.78, 5) is 19.5. The van der Waals surface area contributed by atoms with Crippen LogP contribution in [-0.2, 0) is 9.53 Å². The lowest BCUT2D eigenvalue weighted by Gasteiger charge is -2.23. The number of hydrogen-bond acceptors (Lipinski definition) is 5. The average molecular weight is 637 g/mol. The third-order valence-electron chi connectivity index (χ3n) is 8.04. The van der Waals surface area contributed by atoms with Gasteiger partial charge in [-0.15, -0.1) is 22.7 Å². The minimum absolute atomic E-state index is 0.0214. The van der Waals surface area contributed by atoms with Crippen LogP contribution < -0.4 is 4.90 Å². The van der Waals surface area contributed by atoms with E-state index >= 15 is 0 Å². The second kappa shape index (κ2) is 19.2. The van der Waals surface area contributed by atoms with Gasteiger partial charge in [0.05, 0.1) is 11.6 Å². The van der Waals surface area contributed by atoms with Crippen LogP contribution in [0.25, 0.3) is 31.1 Å². The van der Waals surface area contributed by atoms with E-state index in [1.807, 2.05) is 32.1 Å². The Morgan fingerprint density at radius 2 is 1.23 bits per heavy atom. The summed E-state index contributed by atoms with van der Waals surface area (Å²) in [6.45, 7) is 19.8. The Bertz CT molecular complexity index is 1280. The Labute approximate surface area is 275 Å². The van der Waals surface area contributed by atoms with Crippen molar-refractivity contribution in [1.29, 1.82) is 0 Å². The molecule has 4 nitrogen and oxygen atoms in total. The minimum Gasteiger partial charge on any atom is -0.465 e. The average Bonchev–Trinajstić information content (AvgIpc) is 3.57. The summed E-state index contributed by atoms with van der Waals surface area (Å²) >= 11 is 3.53. The van der Waals surface area contributed by atoms with Crippen LogP contribution >= 0.6 is 22.7 Å². The molecule has 3 rings (SSSR count). The van der Waals surface area contributed by atoms with Gasteiger partial charge in [-0.25, -0.2) is 4.85 Å². The first-order valence-corrected chi connectivity index (χ1v) is 18.9. The molecule has 0 spiro atoms. The van der Waals surface area contributed by atoms with Gasteiger partial charge in [-0.05, 0) is 74.7 Å². The van der Waals surface area contributed by atoms with Gasteiger partial charge in [0, 0.05) is 27.4 Å². The Morgan fingerprint density at radius 1 is 0.750 bits per heavy atom. The molecule has 0 saturated carbocycles. The molecule has 6 heteroatoms. The number of ether oxygens (including phenoxy) is 1. The van der Waals surface area contributed by atoms with Crippen molar-refractivity contribution >= 4 is 59.9 Å². The molecule has 0 aliphatic heterocycles. The van der Waals surface area contributed by atoms with Crippen LogP contribution in [0.5, 0.6) is 0 Å². The Balaban J connectivity index is 1.68. The predicted octanol–water partition coefficient (Wildman–Crippen LogP) is 12.8. The number of hydrogen-bond donors (Lipinski definition) is 0. The first-order valence-electron chi connectivity index (χ1n) is 17.3. The van der Waals surface area contributed by atoms with Gasteiger partial charge in [-0.2, -0.15) is 0 Å². The number of fused-ring (bicyclic) bond motifs is 2. The van der Waals surface area contributed by atoms with Crippen molar-refractivity contribution in [2.45, 2.75) is 143 Å². The van der Waals surface area contributed by atoms with Crippen molar-refractivity contribution in [1.82, 2.24) is 0 Å². The summed E-state index contributed by atoms with van der Waals surface area (Å²) in [5.74, 6) is -0.566. The summed E-state index contributed by atoms with van der Waals surface area (Å²) < 4.78 is 7.91. The summed E-state index contributed by atoms with van der Waals surface area (Å²) in [7, 11) is 0. The smallest absolute Gasteiger partial charge is 0.336 e. The summed E-state index contributed by atoms with van der Waals surface area (Å²) in [5.41, 5.74) is -0.604. The Hall–Kier alpha value is -2.36. The topological polar surface area (TPSA) is 33.9 Å². The van der Waals surface area contributed by atoms with Crippen LogP contribution in [-0.4, -0.2) is 24.7 Å². The highest BCUT2D eigenvalue weighted by molar-refractivity contribution is 7.23. The first kappa shape index (κ1) is 36.1. The van der Waals surface area contributed by atoms with Crippen molar-refractivity contribution < 1.29 is 9.53 Å². The molecule has 0 aliphatic rings. The maximum atomic E-state index is 12.5. The molecular formula is C38H56N2O2S2. The van der Waals surface area contributed by atoms with Gasteiger partial charge >= 0.3 is 5.97 Å². The number of benzene rings is 1. The zero-order chi connectivity index (χ0) is 31.8. The summed E-state index contributed by atoms with van der Waals surface area (Å²) in [5, 5.41) is 3.83. The molecular weight excluding hydrogens is 581 g/mol. The molecule has 0 amide bonds. The van der Waals surface area contributed by atoms with E-state index in [0.717, 1.165) is 23.4 Å². The van der Waals surface area contributed by atoms with Crippen LogP contribution in [0.1, 0.15) is 142 Å². The van der Waals surface area contributed by atoms with Gasteiger partial charge < -0.3 is 9.64 Å². The van der Waals surface area contributed by atoms with Crippen LogP contribution in [0, 0.1) is 6.57 Å². The van der Waals surface area contributed by atoms with Gasteiger partial charge in [0.2, 0.25) is 0 Å². The van der Waals surface area contributed by atoms with E-state index in [9.17, 15) is 4.79 Å². The molecule has 242 valence electrons. The molecule has 0 atom stereocenters. The van der Waals surface area contributed by atoms with Crippen molar-refractivity contribution in [3.05, 3.63) is 46.3 Å². The predicted molar refractivity (Wildman–Crippen MR) is 195 cm³/mol. The number of rotatable bonds is 21. The van der Waals surface area contributed by atoms with Gasteiger partial charge in [-0.1, -0.05) is 104 Å². The second-order valence-corrected chi connectivity index (χ2v) is 15.4. The molecule has 0 unspecified atom stereocenters. The number of carbonyl (C=O) groups is 1. The van der Waals surface area contributed by atoms with Crippen molar-refractivity contribution in [3.8, 4) is 0 Å². The zero-order valence-electron chi connectivity index (χ0n) is 28.1. The summed E-state index contributed by atoms with van der Waals surface area (Å²) in [6.07, 6.45) is 23.3. The maximum Gasteiger partial charge on any atom is 0.336 e. The molecule has 0 radical (unpaired) electrons. The van der Waals surface area contributed by atoms with E-state index in [1.165, 1.54) is 123 Å². The van der Waals surface area contributed by atoms with Gasteiger partial charge in [0.15, 0.2) is 0 Å². The van der Waals surface area contributed by atoms with E-state index in [-0.39, 0.29) is 5.70 Å². The van der Waals surface area contributed by atoms with Crippen molar-refractivity contribution in [3.63, 3.8) is 0 Å². The number of unbranched alkanes of at least 4 members (excludes halogenated alkanes) is 14. The fourth-order valence-electron chi connectivity index (χ4n) is 5.61. The molecule has 0 fully saturated rings. The van der Waals surface area contributed by atoms with E-state index in [2.05, 4.69) is 47.9 Å². The fraction of sp³-hybridized carbons (Fsp3) is 0.632. The highest BCUT2D eigenvalue weighted by atomic mass is 32.1. The standard InChI is InChI=1S/C38H56N2O2S2/c1-7-9-11-13-15-17-19-21-23-40(24-22-20-18-16-14-12-10-8-2)36-28-31-27-34-30(26-35(31)44-36)25-32(43-34)29-33(39-6)37(41)42-38(3,4)5/h25-29H,7-24H2,1-5H3/b33-29-. The fourth-order valence-corrected chi connectivity index (χ4v) is 7.79. The van der Waals surface area contributed by atoms with E-state index in [0.29, 0.717) is 0 Å². The lowest BCUT2D eigenvalue weighted by molar-refractivity contribution is -0.149. The third kappa shape index (κ3) is 12.6. The van der Waals surface area contributed by atoms with E-state index < -0.39 is 11.6 Å². The molecule has 2 aromatic heterocycles. The molecule has 3 aromatic rings. The largest absolute Gasteiger partial charge is 0.465 e. The SMILES string of the molecule is [C-]#[N+]/C(=C\c1cc2cc3sc(N(CCCCCCCCCC)CCCCCCCCCC)cc3cc2s1)C(=O)OC(C)(C)C. The number of esters is 1. The number of carbonyl (C=O) groups excluding carboxylic acids is 1. The van der Waals surface area contributed by atoms with Crippen LogP contribution in [0.2, 0.25) is 0 Å². The highest BCUT2D eigenvalue weighted by Crippen LogP contribution is 2.38. The third-order valence-corrected chi connectivity index (χ3v) is 10.2. The molecule has 0 bridgehead atoms. The normalized spacial score (nSPS) is 12.2. The van der Waals surface area contributed by atoms with E-state index in [1.54, 1.807) is 17.4 Å². The Kier molecular flexibility index (Phi) is 15.8. The quantitative estimate of drug-likeness (QED) is 0.0505. The molecule has 2 heterocycles.